The molecular formula is H4AlFeLiS. The van der Waals surface area contributed by atoms with E-state index in [1.54, 1.807) is 0 Å². The fraction of sp³-hybridized carbons (Fsp3) is 0. The number of rotatable bonds is 0. The molecule has 0 radical (unpaired) electrons. The van der Waals surface area contributed by atoms with E-state index in [0.717, 1.165) is 0 Å². The molecule has 0 nitrogen and oxygen atoms in total. The third-order valence-electron chi connectivity index (χ3n) is 0. The Morgan fingerprint density at radius 3 is 1.50 bits per heavy atom. The Balaban J connectivity index is -0.00000000167. The van der Waals surface area contributed by atoms with Gasteiger partial charge in [0.15, 0.2) is 17.4 Å². The van der Waals surface area contributed by atoms with Crippen molar-refractivity contribution in [1.82, 2.24) is 0 Å². The van der Waals surface area contributed by atoms with E-state index in [-0.39, 0.29) is 37.6 Å². The van der Waals surface area contributed by atoms with Gasteiger partial charge < -0.3 is 1.43 Å². The van der Waals surface area contributed by atoms with Crippen molar-refractivity contribution in [2.24, 2.45) is 0 Å². The molecule has 0 aromatic heterocycles. The van der Waals surface area contributed by atoms with Gasteiger partial charge >= 0.3 is 43.8 Å². The van der Waals surface area contributed by atoms with Crippen molar-refractivity contribution in [3.05, 3.63) is 0 Å². The molecule has 4 heteroatoms. The Bertz CT molecular complexity index is 11.6. The topological polar surface area (TPSA) is 0 Å². The average molecular weight is 126 g/mol. The van der Waals surface area contributed by atoms with Gasteiger partial charge in [-0.15, -0.1) is 0 Å². The summed E-state index contributed by atoms with van der Waals surface area (Å²) in [6, 6.07) is 0. The minimum atomic E-state index is 0. The quantitative estimate of drug-likeness (QED) is 0.304. The van der Waals surface area contributed by atoms with Gasteiger partial charge in [0, 0.05) is 0 Å². The second kappa shape index (κ2) is 20.9. The van der Waals surface area contributed by atoms with Crippen molar-refractivity contribution in [2.75, 3.05) is 0 Å². The summed E-state index contributed by atoms with van der Waals surface area (Å²) in [5, 5.41) is 0. The van der Waals surface area contributed by atoms with Gasteiger partial charge in [-0.2, -0.15) is 0 Å². The summed E-state index contributed by atoms with van der Waals surface area (Å²) in [6.45, 7) is 0. The van der Waals surface area contributed by atoms with Crippen LogP contribution in [0.15, 0.2) is 0 Å². The Hall–Kier alpha value is 1.87. The molecule has 0 saturated carbocycles. The van der Waals surface area contributed by atoms with Gasteiger partial charge in [0.2, 0.25) is 0 Å². The van der Waals surface area contributed by atoms with E-state index in [1.807, 2.05) is 0 Å². The van der Waals surface area contributed by atoms with Crippen LogP contribution < -0.4 is 18.9 Å². The molecule has 0 unspecified atom stereocenters. The van der Waals surface area contributed by atoms with Crippen molar-refractivity contribution in [2.45, 2.75) is 0 Å². The van der Waals surface area contributed by atoms with Crippen LogP contribution in [-0.4, -0.2) is 17.4 Å². The van der Waals surface area contributed by atoms with Crippen LogP contribution in [0.2, 0.25) is 0 Å². The summed E-state index contributed by atoms with van der Waals surface area (Å²) >= 11 is 2.83. The van der Waals surface area contributed by atoms with Gasteiger partial charge in [-0.25, -0.2) is 0 Å². The molecule has 0 aromatic rings. The third kappa shape index (κ3) is 9.12. The first-order valence-electron chi connectivity index (χ1n) is 0.144. The SMILES string of the molecule is [AlH3].[H-].[Li+].[S]=[Fe]. The van der Waals surface area contributed by atoms with E-state index < -0.39 is 0 Å². The van der Waals surface area contributed by atoms with Crippen LogP contribution in [0, 0.1) is 0 Å². The molecule has 0 aliphatic rings. The van der Waals surface area contributed by atoms with Gasteiger partial charge in [0.1, 0.15) is 0 Å². The fourth-order valence-corrected chi connectivity index (χ4v) is 0. The van der Waals surface area contributed by atoms with Crippen molar-refractivity contribution in [1.29, 1.82) is 0 Å². The second-order valence-corrected chi connectivity index (χ2v) is 0. The van der Waals surface area contributed by atoms with Crippen LogP contribution in [0.4, 0.5) is 0 Å². The molecule has 4 heavy (non-hydrogen) atoms. The van der Waals surface area contributed by atoms with E-state index in [0.29, 0.717) is 0 Å². The summed E-state index contributed by atoms with van der Waals surface area (Å²) in [5.74, 6) is 0. The first kappa shape index (κ1) is 16.9. The first-order valence-corrected chi connectivity index (χ1v) is 1.79. The van der Waals surface area contributed by atoms with Crippen LogP contribution >= 0.6 is 10.6 Å². The molecule has 0 N–H and O–H groups in total. The summed E-state index contributed by atoms with van der Waals surface area (Å²) < 4.78 is 0. The van der Waals surface area contributed by atoms with Crippen LogP contribution in [0.1, 0.15) is 1.43 Å². The molecule has 0 rings (SSSR count). The zero-order valence-corrected chi connectivity index (χ0v) is 3.68. The maximum absolute atomic E-state index is 3.83. The van der Waals surface area contributed by atoms with E-state index in [2.05, 4.69) is 24.9 Å². The van der Waals surface area contributed by atoms with Crippen LogP contribution in [-0.2, 0) is 14.4 Å². The van der Waals surface area contributed by atoms with E-state index >= 15 is 0 Å². The second-order valence-electron chi connectivity index (χ2n) is 0. The molecule has 0 bridgehead atoms. The first-order chi connectivity index (χ1) is 1.00. The predicted molar refractivity (Wildman–Crippen MR) is 18.6 cm³/mol. The Morgan fingerprint density at radius 2 is 1.50 bits per heavy atom. The number of hydrogen-bond donors (Lipinski definition) is 0. The molecule has 22 valence electrons. The molecule has 0 saturated heterocycles. The zero-order valence-electron chi connectivity index (χ0n) is 2.76. The Kier molecular flexibility index (Phi) is 88.2. The van der Waals surface area contributed by atoms with E-state index in [4.69, 9.17) is 0 Å². The molecule has 0 heterocycles. The predicted octanol–water partition coefficient (Wildman–Crippen LogP) is -3.42. The zero-order chi connectivity index (χ0) is 2.00. The summed E-state index contributed by atoms with van der Waals surface area (Å²) in [4.78, 5) is 0. The van der Waals surface area contributed by atoms with E-state index in [1.165, 1.54) is 0 Å². The summed E-state index contributed by atoms with van der Waals surface area (Å²) in [6.07, 6.45) is 0. The van der Waals surface area contributed by atoms with Gasteiger partial charge in [0.25, 0.3) is 0 Å². The molecule has 0 spiro atoms. The van der Waals surface area contributed by atoms with Crippen molar-refractivity contribution >= 4 is 27.9 Å². The van der Waals surface area contributed by atoms with Crippen molar-refractivity contribution in [3.8, 4) is 0 Å². The summed E-state index contributed by atoms with van der Waals surface area (Å²) in [7, 11) is 3.83. The van der Waals surface area contributed by atoms with E-state index in [9.17, 15) is 0 Å². The van der Waals surface area contributed by atoms with Gasteiger partial charge in [0.05, 0.1) is 0 Å². The molecule has 0 aliphatic heterocycles. The monoisotopic (exact) mass is 126 g/mol. The average Bonchev–Trinajstić information content (AvgIpc) is 1.00. The van der Waals surface area contributed by atoms with Crippen molar-refractivity contribution < 1.29 is 34.7 Å². The Morgan fingerprint density at radius 1 is 1.50 bits per heavy atom. The fourth-order valence-electron chi connectivity index (χ4n) is 0. The van der Waals surface area contributed by atoms with Gasteiger partial charge in [-0.05, 0) is 0 Å². The Labute approximate surface area is 62.2 Å². The maximum atomic E-state index is 3.83. The molecule has 0 aliphatic carbocycles. The normalized spacial score (nSPS) is 1.25. The van der Waals surface area contributed by atoms with Crippen molar-refractivity contribution in [3.63, 3.8) is 0 Å². The molecule has 0 amide bonds. The van der Waals surface area contributed by atoms with Gasteiger partial charge in [-0.3, -0.25) is 0 Å². The number of hydrogen-bond acceptors (Lipinski definition) is 1. The van der Waals surface area contributed by atoms with Crippen LogP contribution in [0.25, 0.3) is 0 Å². The van der Waals surface area contributed by atoms with Crippen LogP contribution in [0.5, 0.6) is 0 Å². The molecule has 0 atom stereocenters. The van der Waals surface area contributed by atoms with Crippen LogP contribution in [0.3, 0.4) is 0 Å². The third-order valence-corrected chi connectivity index (χ3v) is 0. The minimum absolute atomic E-state index is 0. The molecular weight excluding hydrogens is 122 g/mol. The summed E-state index contributed by atoms with van der Waals surface area (Å²) in [5.41, 5.74) is 0. The van der Waals surface area contributed by atoms with Gasteiger partial charge in [-0.1, -0.05) is 0 Å². The standard InChI is InChI=1S/Al.Fe.Li.S.4H/q;;+1;;;;;-1. The molecule has 0 aromatic carbocycles. The molecule has 0 fully saturated rings.